The quantitative estimate of drug-likeness (QED) is 0.591. The second kappa shape index (κ2) is 9.73. The van der Waals surface area contributed by atoms with Crippen LogP contribution in [0.25, 0.3) is 11.5 Å². The van der Waals surface area contributed by atoms with E-state index in [-0.39, 0.29) is 0 Å². The molecule has 0 saturated carbocycles. The molecular weight excluding hydrogens is 350 g/mol. The third-order valence-electron chi connectivity index (χ3n) is 5.52. The molecule has 1 atom stereocenters. The minimum atomic E-state index is 0.492. The van der Waals surface area contributed by atoms with Crippen molar-refractivity contribution in [3.63, 3.8) is 0 Å². The van der Waals surface area contributed by atoms with Crippen molar-refractivity contribution in [3.8, 4) is 11.5 Å². The molecule has 1 fully saturated rings. The number of aromatic nitrogens is 1. The highest BCUT2D eigenvalue weighted by Crippen LogP contribution is 2.19. The van der Waals surface area contributed by atoms with Crippen molar-refractivity contribution in [1.82, 2.24) is 20.5 Å². The Kier molecular flexibility index (Phi) is 7.09. The van der Waals surface area contributed by atoms with E-state index in [0.29, 0.717) is 18.5 Å². The highest BCUT2D eigenvalue weighted by molar-refractivity contribution is 5.79. The van der Waals surface area contributed by atoms with Crippen LogP contribution in [0.4, 0.5) is 0 Å². The predicted octanol–water partition coefficient (Wildman–Crippen LogP) is 3.44. The fourth-order valence-corrected chi connectivity index (χ4v) is 3.45. The lowest BCUT2D eigenvalue weighted by Gasteiger charge is -2.35. The molecule has 0 spiro atoms. The Hall–Kier alpha value is -2.34. The number of aliphatic imine (C=N–C) groups is 1. The molecule has 1 unspecified atom stereocenters. The van der Waals surface area contributed by atoms with Crippen molar-refractivity contribution in [1.29, 1.82) is 0 Å². The van der Waals surface area contributed by atoms with Crippen molar-refractivity contribution in [2.45, 2.75) is 46.2 Å². The number of piperidine rings is 1. The first-order chi connectivity index (χ1) is 13.5. The van der Waals surface area contributed by atoms with Crippen molar-refractivity contribution < 1.29 is 4.42 Å². The van der Waals surface area contributed by atoms with Crippen LogP contribution in [-0.2, 0) is 6.54 Å². The summed E-state index contributed by atoms with van der Waals surface area (Å²) in [5.41, 5.74) is 3.07. The predicted molar refractivity (Wildman–Crippen MR) is 114 cm³/mol. The van der Waals surface area contributed by atoms with Gasteiger partial charge in [0.25, 0.3) is 0 Å². The van der Waals surface area contributed by atoms with E-state index in [1.165, 1.54) is 31.5 Å². The number of nitrogens with one attached hydrogen (secondary N) is 2. The summed E-state index contributed by atoms with van der Waals surface area (Å²) in [5.74, 6) is 2.29. The Morgan fingerprint density at radius 3 is 2.64 bits per heavy atom. The Labute approximate surface area is 168 Å². The number of hydrogen-bond donors (Lipinski definition) is 2. The van der Waals surface area contributed by atoms with Gasteiger partial charge in [0.1, 0.15) is 6.26 Å². The van der Waals surface area contributed by atoms with Gasteiger partial charge in [-0.25, -0.2) is 4.98 Å². The molecule has 0 aliphatic carbocycles. The minimum Gasteiger partial charge on any atom is -0.444 e. The molecule has 2 N–H and O–H groups in total. The number of guanidine groups is 1. The van der Waals surface area contributed by atoms with E-state index in [1.54, 1.807) is 13.3 Å². The monoisotopic (exact) mass is 383 g/mol. The summed E-state index contributed by atoms with van der Waals surface area (Å²) in [4.78, 5) is 11.5. The van der Waals surface area contributed by atoms with E-state index in [9.17, 15) is 0 Å². The fraction of sp³-hybridized carbons (Fsp3) is 0.545. The lowest BCUT2D eigenvalue weighted by Crippen LogP contribution is -2.48. The summed E-state index contributed by atoms with van der Waals surface area (Å²) >= 11 is 0. The van der Waals surface area contributed by atoms with Gasteiger partial charge in [-0.2, -0.15) is 0 Å². The number of nitrogens with zero attached hydrogens (tertiary/aromatic N) is 3. The van der Waals surface area contributed by atoms with E-state index < -0.39 is 0 Å². The van der Waals surface area contributed by atoms with Crippen LogP contribution >= 0.6 is 0 Å². The Balaban J connectivity index is 1.46. The second-order valence-electron chi connectivity index (χ2n) is 7.88. The molecular formula is C22H33N5O. The summed E-state index contributed by atoms with van der Waals surface area (Å²) in [7, 11) is 1.79. The summed E-state index contributed by atoms with van der Waals surface area (Å²) in [6, 6.07) is 8.68. The van der Waals surface area contributed by atoms with Gasteiger partial charge >= 0.3 is 0 Å². The first-order valence-electron chi connectivity index (χ1n) is 10.2. The van der Waals surface area contributed by atoms with E-state index in [1.807, 2.05) is 12.1 Å². The van der Waals surface area contributed by atoms with Crippen LogP contribution in [0.1, 0.15) is 37.9 Å². The molecule has 0 radical (unpaired) electrons. The zero-order valence-corrected chi connectivity index (χ0v) is 17.5. The number of rotatable bonds is 6. The van der Waals surface area contributed by atoms with Crippen LogP contribution in [-0.4, -0.2) is 48.6 Å². The van der Waals surface area contributed by atoms with E-state index in [2.05, 4.69) is 58.4 Å². The average Bonchev–Trinajstić information content (AvgIpc) is 3.18. The third kappa shape index (κ3) is 5.58. The molecule has 0 amide bonds. The smallest absolute Gasteiger partial charge is 0.226 e. The van der Waals surface area contributed by atoms with Gasteiger partial charge in [-0.1, -0.05) is 24.6 Å². The van der Waals surface area contributed by atoms with Gasteiger partial charge in [-0.3, -0.25) is 9.89 Å². The van der Waals surface area contributed by atoms with E-state index in [0.717, 1.165) is 29.7 Å². The van der Waals surface area contributed by atoms with Gasteiger partial charge in [0.15, 0.2) is 5.96 Å². The standard InChI is InChI=1S/C22H33N5O/c1-16-5-7-19(8-6-16)21-26-20(15-28-21)14-25-22(23-4)24-13-18(3)27-11-9-17(2)10-12-27/h5-8,15,17-18H,9-14H2,1-4H3,(H2,23,24,25). The summed E-state index contributed by atoms with van der Waals surface area (Å²) < 4.78 is 5.62. The maximum absolute atomic E-state index is 5.62. The zero-order chi connectivity index (χ0) is 19.9. The minimum absolute atomic E-state index is 0.492. The van der Waals surface area contributed by atoms with Gasteiger partial charge in [-0.15, -0.1) is 0 Å². The van der Waals surface area contributed by atoms with Crippen LogP contribution in [0.5, 0.6) is 0 Å². The van der Waals surface area contributed by atoms with Gasteiger partial charge < -0.3 is 15.1 Å². The molecule has 3 rings (SSSR count). The number of likely N-dealkylation sites (tertiary alicyclic amines) is 1. The maximum atomic E-state index is 5.62. The molecule has 6 nitrogen and oxygen atoms in total. The van der Waals surface area contributed by atoms with Crippen LogP contribution < -0.4 is 10.6 Å². The largest absolute Gasteiger partial charge is 0.444 e. The van der Waals surface area contributed by atoms with Crippen molar-refractivity contribution in [2.75, 3.05) is 26.7 Å². The van der Waals surface area contributed by atoms with Gasteiger partial charge in [0, 0.05) is 25.2 Å². The van der Waals surface area contributed by atoms with Crippen LogP contribution in [0.15, 0.2) is 39.9 Å². The Morgan fingerprint density at radius 1 is 1.25 bits per heavy atom. The number of oxazole rings is 1. The number of aryl methyl sites for hydroxylation is 1. The number of hydrogen-bond acceptors (Lipinski definition) is 4. The lowest BCUT2D eigenvalue weighted by molar-refractivity contribution is 0.147. The molecule has 2 aromatic rings. The molecule has 1 saturated heterocycles. The van der Waals surface area contributed by atoms with Crippen molar-refractivity contribution in [2.24, 2.45) is 10.9 Å². The van der Waals surface area contributed by atoms with Crippen LogP contribution in [0.2, 0.25) is 0 Å². The number of benzene rings is 1. The summed E-state index contributed by atoms with van der Waals surface area (Å²) in [6.07, 6.45) is 4.30. The average molecular weight is 384 g/mol. The first-order valence-corrected chi connectivity index (χ1v) is 10.2. The van der Waals surface area contributed by atoms with Crippen LogP contribution in [0, 0.1) is 12.8 Å². The maximum Gasteiger partial charge on any atom is 0.226 e. The van der Waals surface area contributed by atoms with Crippen molar-refractivity contribution >= 4 is 5.96 Å². The summed E-state index contributed by atoms with van der Waals surface area (Å²) in [6.45, 7) is 10.5. The molecule has 2 heterocycles. The molecule has 1 aliphatic rings. The summed E-state index contributed by atoms with van der Waals surface area (Å²) in [5, 5.41) is 6.75. The highest BCUT2D eigenvalue weighted by atomic mass is 16.3. The van der Waals surface area contributed by atoms with Gasteiger partial charge in [0.05, 0.1) is 12.2 Å². The van der Waals surface area contributed by atoms with Gasteiger partial charge in [-0.05, 0) is 57.8 Å². The van der Waals surface area contributed by atoms with E-state index in [4.69, 9.17) is 4.42 Å². The third-order valence-corrected chi connectivity index (χ3v) is 5.52. The molecule has 6 heteroatoms. The molecule has 1 aliphatic heterocycles. The zero-order valence-electron chi connectivity index (χ0n) is 17.5. The molecule has 152 valence electrons. The highest BCUT2D eigenvalue weighted by Gasteiger charge is 2.20. The van der Waals surface area contributed by atoms with E-state index >= 15 is 0 Å². The second-order valence-corrected chi connectivity index (χ2v) is 7.88. The Morgan fingerprint density at radius 2 is 1.96 bits per heavy atom. The van der Waals surface area contributed by atoms with Gasteiger partial charge in [0.2, 0.25) is 5.89 Å². The molecule has 0 bridgehead atoms. The topological polar surface area (TPSA) is 65.7 Å². The fourth-order valence-electron chi connectivity index (χ4n) is 3.45. The normalized spacial score (nSPS) is 17.5. The SMILES string of the molecule is CN=C(NCc1coc(-c2ccc(C)cc2)n1)NCC(C)N1CCC(C)CC1. The molecule has 1 aromatic carbocycles. The lowest BCUT2D eigenvalue weighted by atomic mass is 9.98. The molecule has 28 heavy (non-hydrogen) atoms. The molecule has 1 aromatic heterocycles. The van der Waals surface area contributed by atoms with Crippen LogP contribution in [0.3, 0.4) is 0 Å². The van der Waals surface area contributed by atoms with Crippen molar-refractivity contribution in [3.05, 3.63) is 41.8 Å². The Bertz CT molecular complexity index is 759. The first kappa shape index (κ1) is 20.4.